The highest BCUT2D eigenvalue weighted by Gasteiger charge is 2.32. The van der Waals surface area contributed by atoms with E-state index in [1.54, 1.807) is 13.2 Å². The van der Waals surface area contributed by atoms with Crippen molar-refractivity contribution in [3.8, 4) is 5.75 Å². The lowest BCUT2D eigenvalue weighted by molar-refractivity contribution is -0.120. The van der Waals surface area contributed by atoms with Gasteiger partial charge in [0.25, 0.3) is 11.8 Å². The zero-order chi connectivity index (χ0) is 19.8. The maximum Gasteiger partial charge on any atom is 0.288 e. The maximum absolute atomic E-state index is 12.9. The third-order valence-corrected chi connectivity index (χ3v) is 5.84. The summed E-state index contributed by atoms with van der Waals surface area (Å²) >= 11 is 0. The van der Waals surface area contributed by atoms with Crippen molar-refractivity contribution >= 4 is 17.5 Å². The third-order valence-electron chi connectivity index (χ3n) is 5.84. The third kappa shape index (κ3) is 3.25. The molecular weight excluding hydrogens is 356 g/mol. The molecule has 1 N–H and O–H groups in total. The van der Waals surface area contributed by atoms with Gasteiger partial charge in [0.2, 0.25) is 0 Å². The first kappa shape index (κ1) is 18.5. The van der Waals surface area contributed by atoms with Crippen molar-refractivity contribution in [3.63, 3.8) is 0 Å². The van der Waals surface area contributed by atoms with Crippen molar-refractivity contribution in [2.24, 2.45) is 11.8 Å². The average Bonchev–Trinajstić information content (AvgIpc) is 3.08. The second-order valence-electron chi connectivity index (χ2n) is 7.93. The Morgan fingerprint density at radius 1 is 1.32 bits per heavy atom. The molecule has 28 heavy (non-hydrogen) atoms. The number of aryl methyl sites for hydroxylation is 1. The number of carbonyl (C=O) groups excluding carboxylic acids is 2. The fraction of sp³-hybridized carbons (Fsp3) is 0.476. The Morgan fingerprint density at radius 2 is 2.11 bits per heavy atom. The number of rotatable bonds is 3. The molecule has 7 nitrogen and oxygen atoms in total. The summed E-state index contributed by atoms with van der Waals surface area (Å²) in [6.07, 6.45) is 3.81. The van der Waals surface area contributed by atoms with Crippen LogP contribution in [0.2, 0.25) is 0 Å². The number of nitrogens with zero attached hydrogens (tertiary/aromatic N) is 3. The molecule has 0 spiro atoms. The van der Waals surface area contributed by atoms with Crippen LogP contribution in [0.25, 0.3) is 0 Å². The second-order valence-corrected chi connectivity index (χ2v) is 7.93. The van der Waals surface area contributed by atoms with Crippen LogP contribution in [0.4, 0.5) is 5.69 Å². The molecule has 2 aliphatic heterocycles. The Morgan fingerprint density at radius 3 is 2.89 bits per heavy atom. The van der Waals surface area contributed by atoms with Gasteiger partial charge in [-0.2, -0.15) is 0 Å². The van der Waals surface area contributed by atoms with Crippen molar-refractivity contribution < 1.29 is 14.3 Å². The summed E-state index contributed by atoms with van der Waals surface area (Å²) < 4.78 is 7.78. The Labute approximate surface area is 164 Å². The minimum absolute atomic E-state index is 0.0914. The van der Waals surface area contributed by atoms with E-state index in [0.717, 1.165) is 25.1 Å². The topological polar surface area (TPSA) is 76.5 Å². The van der Waals surface area contributed by atoms with Gasteiger partial charge in [0, 0.05) is 25.5 Å². The molecule has 2 atom stereocenters. The monoisotopic (exact) mass is 382 g/mol. The predicted molar refractivity (Wildman–Crippen MR) is 105 cm³/mol. The number of amides is 2. The van der Waals surface area contributed by atoms with Gasteiger partial charge in [-0.25, -0.2) is 4.98 Å². The van der Waals surface area contributed by atoms with Gasteiger partial charge >= 0.3 is 0 Å². The van der Waals surface area contributed by atoms with E-state index in [1.165, 1.54) is 4.90 Å². The number of ether oxygens (including phenoxy) is 1. The fourth-order valence-electron chi connectivity index (χ4n) is 3.98. The minimum atomic E-state index is -0.762. The van der Waals surface area contributed by atoms with E-state index in [0.29, 0.717) is 29.1 Å². The van der Waals surface area contributed by atoms with Crippen molar-refractivity contribution in [1.82, 2.24) is 14.9 Å². The van der Waals surface area contributed by atoms with Crippen LogP contribution in [0.15, 0.2) is 30.5 Å². The van der Waals surface area contributed by atoms with Gasteiger partial charge in [0.15, 0.2) is 5.82 Å². The number of aromatic nitrogens is 2. The lowest BCUT2D eigenvalue weighted by Gasteiger charge is -2.28. The molecule has 2 unspecified atom stereocenters. The number of imidazole rings is 1. The lowest BCUT2D eigenvalue weighted by Crippen LogP contribution is -2.50. The van der Waals surface area contributed by atoms with Crippen molar-refractivity contribution in [3.05, 3.63) is 42.0 Å². The number of likely N-dealkylation sites (N-methyl/N-ethyl adjacent to an activating group) is 1. The zero-order valence-electron chi connectivity index (χ0n) is 16.5. The molecule has 3 heterocycles. The highest BCUT2D eigenvalue weighted by Crippen LogP contribution is 2.30. The number of anilines is 1. The Bertz CT molecular complexity index is 905. The molecule has 0 saturated carbocycles. The SMILES string of the molecule is CC(C)C1CCc2cnc(C(=O)NC3COc4ccccc4N(C)C3=O)n2C1. The summed E-state index contributed by atoms with van der Waals surface area (Å²) in [7, 11) is 1.69. The quantitative estimate of drug-likeness (QED) is 0.883. The van der Waals surface area contributed by atoms with Gasteiger partial charge in [0.1, 0.15) is 18.4 Å². The van der Waals surface area contributed by atoms with Crippen LogP contribution in [0.3, 0.4) is 0 Å². The summed E-state index contributed by atoms with van der Waals surface area (Å²) in [6, 6.07) is 6.60. The molecule has 0 radical (unpaired) electrons. The van der Waals surface area contributed by atoms with Gasteiger partial charge in [-0.15, -0.1) is 0 Å². The highest BCUT2D eigenvalue weighted by molar-refractivity contribution is 6.02. The number of nitrogens with one attached hydrogen (secondary N) is 1. The number of para-hydroxylation sites is 2. The van der Waals surface area contributed by atoms with E-state index in [1.807, 2.05) is 28.8 Å². The first-order valence-electron chi connectivity index (χ1n) is 9.80. The molecule has 0 bridgehead atoms. The number of carbonyl (C=O) groups is 2. The van der Waals surface area contributed by atoms with E-state index in [2.05, 4.69) is 24.1 Å². The van der Waals surface area contributed by atoms with Crippen LogP contribution in [-0.2, 0) is 17.8 Å². The van der Waals surface area contributed by atoms with Crippen molar-refractivity contribution in [2.75, 3.05) is 18.6 Å². The van der Waals surface area contributed by atoms with E-state index in [-0.39, 0.29) is 18.4 Å². The second kappa shape index (κ2) is 7.30. The smallest absolute Gasteiger partial charge is 0.288 e. The molecule has 0 fully saturated rings. The average molecular weight is 382 g/mol. The van der Waals surface area contributed by atoms with E-state index >= 15 is 0 Å². The zero-order valence-corrected chi connectivity index (χ0v) is 16.5. The number of hydrogen-bond acceptors (Lipinski definition) is 4. The summed E-state index contributed by atoms with van der Waals surface area (Å²) in [5.41, 5.74) is 1.78. The van der Waals surface area contributed by atoms with E-state index in [4.69, 9.17) is 4.74 Å². The van der Waals surface area contributed by atoms with E-state index < -0.39 is 6.04 Å². The predicted octanol–water partition coefficient (Wildman–Crippen LogP) is 2.26. The molecule has 1 aromatic carbocycles. The van der Waals surface area contributed by atoms with Gasteiger partial charge < -0.3 is 19.5 Å². The van der Waals surface area contributed by atoms with E-state index in [9.17, 15) is 9.59 Å². The van der Waals surface area contributed by atoms with Crippen LogP contribution < -0.4 is 15.0 Å². The van der Waals surface area contributed by atoms with Crippen LogP contribution in [-0.4, -0.2) is 41.1 Å². The standard InChI is InChI=1S/C21H26N4O3/c1-13(2)14-8-9-15-10-22-19(25(15)11-14)20(26)23-16-12-28-18-7-5-4-6-17(18)24(3)21(16)27/h4-7,10,13-14,16H,8-9,11-12H2,1-3H3,(H,23,26). The van der Waals surface area contributed by atoms with Crippen molar-refractivity contribution in [2.45, 2.75) is 39.3 Å². The minimum Gasteiger partial charge on any atom is -0.489 e. The van der Waals surface area contributed by atoms with Gasteiger partial charge in [-0.1, -0.05) is 26.0 Å². The molecule has 4 rings (SSSR count). The van der Waals surface area contributed by atoms with Crippen LogP contribution in [0, 0.1) is 11.8 Å². The van der Waals surface area contributed by atoms with Crippen LogP contribution in [0.5, 0.6) is 5.75 Å². The molecule has 0 saturated heterocycles. The lowest BCUT2D eigenvalue weighted by atomic mass is 9.88. The number of fused-ring (bicyclic) bond motifs is 2. The number of benzene rings is 1. The summed E-state index contributed by atoms with van der Waals surface area (Å²) in [6.45, 7) is 5.30. The summed E-state index contributed by atoms with van der Waals surface area (Å²) in [5.74, 6) is 1.54. The molecule has 0 aliphatic carbocycles. The van der Waals surface area contributed by atoms with Crippen molar-refractivity contribution in [1.29, 1.82) is 0 Å². The van der Waals surface area contributed by atoms with Gasteiger partial charge in [-0.05, 0) is 36.8 Å². The normalized spacial score (nSPS) is 21.6. The number of hydrogen-bond donors (Lipinski definition) is 1. The molecule has 7 heteroatoms. The highest BCUT2D eigenvalue weighted by atomic mass is 16.5. The molecule has 2 aliphatic rings. The first-order chi connectivity index (χ1) is 13.5. The maximum atomic E-state index is 12.9. The van der Waals surface area contributed by atoms with Crippen LogP contribution in [0.1, 0.15) is 36.6 Å². The molecule has 2 amide bonds. The fourth-order valence-corrected chi connectivity index (χ4v) is 3.98. The molecular formula is C21H26N4O3. The van der Waals surface area contributed by atoms with Gasteiger partial charge in [0.05, 0.1) is 5.69 Å². The Hall–Kier alpha value is -2.83. The summed E-state index contributed by atoms with van der Waals surface area (Å²) in [5, 5.41) is 2.83. The largest absolute Gasteiger partial charge is 0.489 e. The molecule has 148 valence electrons. The van der Waals surface area contributed by atoms with Crippen LogP contribution >= 0.6 is 0 Å². The van der Waals surface area contributed by atoms with Gasteiger partial charge in [-0.3, -0.25) is 9.59 Å². The molecule has 2 aromatic rings. The summed E-state index contributed by atoms with van der Waals surface area (Å²) in [4.78, 5) is 31.7. The Balaban J connectivity index is 1.52. The Kier molecular flexibility index (Phi) is 4.83. The molecule has 1 aromatic heterocycles. The first-order valence-corrected chi connectivity index (χ1v) is 9.80.